The highest BCUT2D eigenvalue weighted by Gasteiger charge is 2.12. The Morgan fingerprint density at radius 1 is 1.44 bits per heavy atom. The highest BCUT2D eigenvalue weighted by Crippen LogP contribution is 2.32. The molecule has 0 amide bonds. The molecule has 3 N–H and O–H groups in total. The van der Waals surface area contributed by atoms with E-state index < -0.39 is 0 Å². The lowest BCUT2D eigenvalue weighted by molar-refractivity contribution is 0.270. The van der Waals surface area contributed by atoms with E-state index in [0.717, 1.165) is 5.56 Å². The van der Waals surface area contributed by atoms with Crippen LogP contribution in [0.5, 0.6) is 5.75 Å². The summed E-state index contributed by atoms with van der Waals surface area (Å²) in [6, 6.07) is 7.05. The number of nitrogens with two attached hydrogens (primary N) is 1. The summed E-state index contributed by atoms with van der Waals surface area (Å²) in [6.07, 6.45) is 0. The van der Waals surface area contributed by atoms with Crippen LogP contribution in [0.4, 0.5) is 5.82 Å². The van der Waals surface area contributed by atoms with Crippen molar-refractivity contribution in [3.63, 3.8) is 0 Å². The smallest absolute Gasteiger partial charge is 0.129 e. The van der Waals surface area contributed by atoms with Crippen molar-refractivity contribution >= 4 is 17.4 Å². The topological polar surface area (TPSA) is 73.3 Å². The summed E-state index contributed by atoms with van der Waals surface area (Å²) >= 11 is 5.91. The summed E-state index contributed by atoms with van der Waals surface area (Å²) in [5.41, 5.74) is 7.31. The molecule has 5 nitrogen and oxygen atoms in total. The predicted molar refractivity (Wildman–Crippen MR) is 70.7 cm³/mol. The first kappa shape index (κ1) is 12.7. The van der Waals surface area contributed by atoms with Crippen LogP contribution in [0.25, 0.3) is 11.3 Å². The standard InChI is InChI=1S/C12H14ClN3O2/c1-18-11-6-8(13)2-3-9(11)10-7-12(14)16(15-10)4-5-17/h2-3,6-7,17H,4-5,14H2,1H3. The molecule has 0 spiro atoms. The summed E-state index contributed by atoms with van der Waals surface area (Å²) in [5.74, 6) is 1.13. The molecule has 0 saturated carbocycles. The van der Waals surface area contributed by atoms with E-state index in [9.17, 15) is 0 Å². The second kappa shape index (κ2) is 5.29. The Bertz CT molecular complexity index is 554. The van der Waals surface area contributed by atoms with Gasteiger partial charge in [0.2, 0.25) is 0 Å². The van der Waals surface area contributed by atoms with Gasteiger partial charge in [0.1, 0.15) is 11.6 Å². The van der Waals surface area contributed by atoms with E-state index in [1.54, 1.807) is 30.0 Å². The van der Waals surface area contributed by atoms with Crippen LogP contribution in [0, 0.1) is 0 Å². The van der Waals surface area contributed by atoms with Gasteiger partial charge in [0, 0.05) is 16.7 Å². The van der Waals surface area contributed by atoms with Gasteiger partial charge in [0.25, 0.3) is 0 Å². The Labute approximate surface area is 110 Å². The summed E-state index contributed by atoms with van der Waals surface area (Å²) in [7, 11) is 1.57. The minimum atomic E-state index is -0.0108. The third-order valence-corrected chi connectivity index (χ3v) is 2.80. The molecule has 0 aliphatic heterocycles. The fraction of sp³-hybridized carbons (Fsp3) is 0.250. The molecule has 0 radical (unpaired) electrons. The van der Waals surface area contributed by atoms with Gasteiger partial charge in [-0.15, -0.1) is 0 Å². The summed E-state index contributed by atoms with van der Waals surface area (Å²) in [4.78, 5) is 0. The SMILES string of the molecule is COc1cc(Cl)ccc1-c1cc(N)n(CCO)n1. The lowest BCUT2D eigenvalue weighted by Crippen LogP contribution is -2.07. The molecule has 0 fully saturated rings. The van der Waals surface area contributed by atoms with Gasteiger partial charge >= 0.3 is 0 Å². The number of rotatable bonds is 4. The van der Waals surface area contributed by atoms with Crippen molar-refractivity contribution < 1.29 is 9.84 Å². The molecule has 0 bridgehead atoms. The number of aliphatic hydroxyl groups excluding tert-OH is 1. The Hall–Kier alpha value is -1.72. The Morgan fingerprint density at radius 2 is 2.22 bits per heavy atom. The number of aromatic nitrogens is 2. The fourth-order valence-corrected chi connectivity index (χ4v) is 1.88. The van der Waals surface area contributed by atoms with Crippen molar-refractivity contribution in [2.75, 3.05) is 19.5 Å². The molecule has 0 aliphatic rings. The zero-order chi connectivity index (χ0) is 13.1. The molecule has 0 atom stereocenters. The maximum Gasteiger partial charge on any atom is 0.129 e. The molecule has 6 heteroatoms. The van der Waals surface area contributed by atoms with E-state index in [-0.39, 0.29) is 6.61 Å². The van der Waals surface area contributed by atoms with Crippen molar-refractivity contribution in [3.8, 4) is 17.0 Å². The highest BCUT2D eigenvalue weighted by molar-refractivity contribution is 6.30. The van der Waals surface area contributed by atoms with Crippen molar-refractivity contribution in [1.29, 1.82) is 0 Å². The maximum absolute atomic E-state index is 8.90. The van der Waals surface area contributed by atoms with E-state index in [4.69, 9.17) is 27.2 Å². The number of ether oxygens (including phenoxy) is 1. The van der Waals surface area contributed by atoms with Crippen LogP contribution < -0.4 is 10.5 Å². The number of hydrogen-bond acceptors (Lipinski definition) is 4. The molecular weight excluding hydrogens is 254 g/mol. The molecule has 0 saturated heterocycles. The largest absolute Gasteiger partial charge is 0.496 e. The zero-order valence-electron chi connectivity index (χ0n) is 9.93. The molecule has 0 unspecified atom stereocenters. The van der Waals surface area contributed by atoms with E-state index in [0.29, 0.717) is 28.8 Å². The average molecular weight is 268 g/mol. The molecule has 2 rings (SSSR count). The molecule has 2 aromatic rings. The molecule has 96 valence electrons. The number of anilines is 1. The summed E-state index contributed by atoms with van der Waals surface area (Å²) in [6.45, 7) is 0.352. The van der Waals surface area contributed by atoms with Crippen LogP contribution in [-0.4, -0.2) is 28.6 Å². The number of nitrogens with zero attached hydrogens (tertiary/aromatic N) is 2. The van der Waals surface area contributed by atoms with E-state index in [1.165, 1.54) is 0 Å². The Balaban J connectivity index is 2.45. The van der Waals surface area contributed by atoms with Gasteiger partial charge in [-0.05, 0) is 18.2 Å². The average Bonchev–Trinajstić information content (AvgIpc) is 2.71. The zero-order valence-corrected chi connectivity index (χ0v) is 10.7. The van der Waals surface area contributed by atoms with Crippen LogP contribution in [0.15, 0.2) is 24.3 Å². The third-order valence-electron chi connectivity index (χ3n) is 2.56. The maximum atomic E-state index is 8.90. The molecular formula is C12H14ClN3O2. The van der Waals surface area contributed by atoms with Gasteiger partial charge in [0.05, 0.1) is 26.0 Å². The quantitative estimate of drug-likeness (QED) is 0.886. The number of aliphatic hydroxyl groups is 1. The summed E-state index contributed by atoms with van der Waals surface area (Å²) in [5, 5.41) is 13.8. The molecule has 0 aliphatic carbocycles. The number of halogens is 1. The first-order valence-electron chi connectivity index (χ1n) is 5.44. The number of benzene rings is 1. The minimum absolute atomic E-state index is 0.0108. The van der Waals surface area contributed by atoms with Gasteiger partial charge < -0.3 is 15.6 Å². The van der Waals surface area contributed by atoms with Crippen LogP contribution in [0.3, 0.4) is 0 Å². The van der Waals surface area contributed by atoms with E-state index in [2.05, 4.69) is 5.10 Å². The van der Waals surface area contributed by atoms with E-state index in [1.807, 2.05) is 6.07 Å². The minimum Gasteiger partial charge on any atom is -0.496 e. The monoisotopic (exact) mass is 267 g/mol. The molecule has 1 aromatic carbocycles. The Morgan fingerprint density at radius 3 is 2.89 bits per heavy atom. The number of hydrogen-bond donors (Lipinski definition) is 2. The van der Waals surface area contributed by atoms with Gasteiger partial charge in [-0.25, -0.2) is 4.68 Å². The Kier molecular flexibility index (Phi) is 3.74. The second-order valence-corrected chi connectivity index (χ2v) is 4.18. The second-order valence-electron chi connectivity index (χ2n) is 3.75. The fourth-order valence-electron chi connectivity index (χ4n) is 1.71. The predicted octanol–water partition coefficient (Wildman–Crippen LogP) is 1.79. The first-order valence-corrected chi connectivity index (χ1v) is 5.81. The van der Waals surface area contributed by atoms with Gasteiger partial charge in [0.15, 0.2) is 0 Å². The summed E-state index contributed by atoms with van der Waals surface area (Å²) < 4.78 is 6.81. The van der Waals surface area contributed by atoms with Crippen LogP contribution in [0.1, 0.15) is 0 Å². The molecule has 18 heavy (non-hydrogen) atoms. The molecule has 1 heterocycles. The van der Waals surface area contributed by atoms with Crippen LogP contribution in [0.2, 0.25) is 5.02 Å². The van der Waals surface area contributed by atoms with E-state index >= 15 is 0 Å². The number of methoxy groups -OCH3 is 1. The van der Waals surface area contributed by atoms with Gasteiger partial charge in [-0.2, -0.15) is 5.10 Å². The van der Waals surface area contributed by atoms with Crippen molar-refractivity contribution in [3.05, 3.63) is 29.3 Å². The highest BCUT2D eigenvalue weighted by atomic mass is 35.5. The molecule has 1 aromatic heterocycles. The van der Waals surface area contributed by atoms with Gasteiger partial charge in [-0.1, -0.05) is 11.6 Å². The van der Waals surface area contributed by atoms with Crippen molar-refractivity contribution in [2.24, 2.45) is 0 Å². The number of nitrogen functional groups attached to an aromatic ring is 1. The lowest BCUT2D eigenvalue weighted by Gasteiger charge is -2.06. The first-order chi connectivity index (χ1) is 8.65. The normalized spacial score (nSPS) is 10.6. The van der Waals surface area contributed by atoms with Gasteiger partial charge in [-0.3, -0.25) is 0 Å². The van der Waals surface area contributed by atoms with Crippen molar-refractivity contribution in [1.82, 2.24) is 9.78 Å². The lowest BCUT2D eigenvalue weighted by atomic mass is 10.1. The van der Waals surface area contributed by atoms with Crippen LogP contribution >= 0.6 is 11.6 Å². The van der Waals surface area contributed by atoms with Crippen LogP contribution in [-0.2, 0) is 6.54 Å². The third kappa shape index (κ3) is 2.42. The van der Waals surface area contributed by atoms with Crippen molar-refractivity contribution in [2.45, 2.75) is 6.54 Å².